The molecule has 2 aromatic rings. The topological polar surface area (TPSA) is 81.0 Å². The molecule has 0 bridgehead atoms. The van der Waals surface area contributed by atoms with Crippen LogP contribution in [0.5, 0.6) is 17.2 Å². The van der Waals surface area contributed by atoms with E-state index in [0.29, 0.717) is 0 Å². The lowest BCUT2D eigenvalue weighted by atomic mass is 10.0. The van der Waals surface area contributed by atoms with Crippen molar-refractivity contribution in [3.63, 3.8) is 0 Å². The average Bonchev–Trinajstić information content (AvgIpc) is 2.38. The lowest BCUT2D eigenvalue weighted by molar-refractivity contribution is 0.103. The highest BCUT2D eigenvalue weighted by atomic mass is 16.3. The maximum absolute atomic E-state index is 12.4. The number of hydrogen-bond donors (Lipinski definition) is 3. The van der Waals surface area contributed by atoms with Gasteiger partial charge in [-0.25, -0.2) is 0 Å². The van der Waals surface area contributed by atoms with Gasteiger partial charge in [0.15, 0.2) is 5.75 Å². The van der Waals surface area contributed by atoms with E-state index in [-0.39, 0.29) is 34.1 Å². The zero-order chi connectivity index (χ0) is 14.9. The third-order valence-corrected chi connectivity index (χ3v) is 2.97. The van der Waals surface area contributed by atoms with Crippen LogP contribution in [0.2, 0.25) is 0 Å². The van der Waals surface area contributed by atoms with E-state index in [1.165, 1.54) is 29.2 Å². The van der Waals surface area contributed by atoms with E-state index >= 15 is 0 Å². The molecule has 0 atom stereocenters. The maximum Gasteiger partial charge on any atom is 0.200 e. The van der Waals surface area contributed by atoms with Crippen LogP contribution in [0.3, 0.4) is 0 Å². The summed E-state index contributed by atoms with van der Waals surface area (Å²) in [6.07, 6.45) is 0. The van der Waals surface area contributed by atoms with E-state index in [4.69, 9.17) is 0 Å². The molecule has 2 aromatic carbocycles. The predicted molar refractivity (Wildman–Crippen MR) is 75.6 cm³/mol. The number of anilines is 1. The van der Waals surface area contributed by atoms with Gasteiger partial charge in [0.2, 0.25) is 5.78 Å². The number of nitrogens with zero attached hydrogens (tertiary/aromatic N) is 1. The first kappa shape index (κ1) is 13.7. The van der Waals surface area contributed by atoms with Crippen molar-refractivity contribution in [2.45, 2.75) is 0 Å². The second kappa shape index (κ2) is 5.13. The molecular formula is C15H15NO4. The van der Waals surface area contributed by atoms with Gasteiger partial charge in [0.1, 0.15) is 17.2 Å². The van der Waals surface area contributed by atoms with E-state index < -0.39 is 5.78 Å². The number of hydrogen-bond acceptors (Lipinski definition) is 5. The number of ketones is 1. The first-order valence-corrected chi connectivity index (χ1v) is 5.98. The molecule has 0 aromatic heterocycles. The summed E-state index contributed by atoms with van der Waals surface area (Å²) < 4.78 is 0. The number of carbonyl (C=O) groups excluding carboxylic acids is 1. The quantitative estimate of drug-likeness (QED) is 0.746. The van der Waals surface area contributed by atoms with E-state index in [9.17, 15) is 20.1 Å². The lowest BCUT2D eigenvalue weighted by Gasteiger charge is -2.17. The number of phenolic OH excluding ortho intramolecular Hbond substituents is 3. The molecule has 0 aliphatic rings. The van der Waals surface area contributed by atoms with Crippen LogP contribution >= 0.6 is 0 Å². The zero-order valence-corrected chi connectivity index (χ0v) is 11.2. The number of benzene rings is 2. The first-order chi connectivity index (χ1) is 9.43. The highest BCUT2D eigenvalue weighted by molar-refractivity contribution is 6.13. The Balaban J connectivity index is 2.57. The Kier molecular flexibility index (Phi) is 3.52. The van der Waals surface area contributed by atoms with Crippen LogP contribution < -0.4 is 4.90 Å². The van der Waals surface area contributed by atoms with Gasteiger partial charge in [-0.3, -0.25) is 4.79 Å². The Labute approximate surface area is 116 Å². The number of carbonyl (C=O) groups is 1. The van der Waals surface area contributed by atoms with Gasteiger partial charge in [0.25, 0.3) is 0 Å². The van der Waals surface area contributed by atoms with Crippen molar-refractivity contribution >= 4 is 11.5 Å². The first-order valence-electron chi connectivity index (χ1n) is 5.98. The van der Waals surface area contributed by atoms with Crippen LogP contribution in [0.15, 0.2) is 36.4 Å². The smallest absolute Gasteiger partial charge is 0.200 e. The van der Waals surface area contributed by atoms with Gasteiger partial charge in [-0.2, -0.15) is 0 Å². The van der Waals surface area contributed by atoms with Crippen LogP contribution in [-0.2, 0) is 0 Å². The number of phenols is 3. The zero-order valence-electron chi connectivity index (χ0n) is 11.2. The fourth-order valence-electron chi connectivity index (χ4n) is 2.00. The van der Waals surface area contributed by atoms with Crippen LogP contribution in [0.25, 0.3) is 0 Å². The van der Waals surface area contributed by atoms with Crippen molar-refractivity contribution in [2.24, 2.45) is 0 Å². The van der Waals surface area contributed by atoms with Crippen molar-refractivity contribution in [2.75, 3.05) is 19.0 Å². The molecule has 5 heteroatoms. The molecule has 0 heterocycles. The van der Waals surface area contributed by atoms with Gasteiger partial charge in [0, 0.05) is 14.1 Å². The van der Waals surface area contributed by atoms with Crippen LogP contribution in [0.1, 0.15) is 15.9 Å². The Hall–Kier alpha value is -2.69. The number of rotatable bonds is 3. The van der Waals surface area contributed by atoms with Gasteiger partial charge in [0.05, 0.1) is 11.1 Å². The molecule has 0 fully saturated rings. The minimum Gasteiger partial charge on any atom is -0.507 e. The minimum atomic E-state index is -0.510. The molecule has 5 nitrogen and oxygen atoms in total. The monoisotopic (exact) mass is 273 g/mol. The van der Waals surface area contributed by atoms with Gasteiger partial charge >= 0.3 is 0 Å². The summed E-state index contributed by atoms with van der Waals surface area (Å²) in [7, 11) is 3.28. The summed E-state index contributed by atoms with van der Waals surface area (Å²) in [6, 6.07) is 8.76. The molecule has 104 valence electrons. The van der Waals surface area contributed by atoms with E-state index in [1.807, 2.05) is 0 Å². The summed E-state index contributed by atoms with van der Waals surface area (Å²) in [6.45, 7) is 0. The van der Waals surface area contributed by atoms with Crippen molar-refractivity contribution in [1.82, 2.24) is 0 Å². The Bertz CT molecular complexity index is 665. The fourth-order valence-corrected chi connectivity index (χ4v) is 2.00. The van der Waals surface area contributed by atoms with Crippen LogP contribution in [-0.4, -0.2) is 35.2 Å². The van der Waals surface area contributed by atoms with E-state index in [2.05, 4.69) is 0 Å². The molecule has 0 saturated heterocycles. The molecule has 0 unspecified atom stereocenters. The molecule has 2 rings (SSSR count). The second-order valence-electron chi connectivity index (χ2n) is 4.57. The van der Waals surface area contributed by atoms with Gasteiger partial charge in [-0.05, 0) is 24.3 Å². The van der Waals surface area contributed by atoms with Crippen molar-refractivity contribution in [3.8, 4) is 17.2 Å². The molecular weight excluding hydrogens is 258 g/mol. The summed E-state index contributed by atoms with van der Waals surface area (Å²) in [5.74, 6) is -1.11. The van der Waals surface area contributed by atoms with Crippen LogP contribution in [0.4, 0.5) is 5.69 Å². The standard InChI is InChI=1S/C15H15NO4/c1-16(2)13-12(18)8-7-10(15(13)20)14(19)9-5-3-4-6-11(9)17/h3-8,17-18,20H,1-2H3. The average molecular weight is 273 g/mol. The highest BCUT2D eigenvalue weighted by Crippen LogP contribution is 2.39. The molecule has 0 spiro atoms. The molecule has 0 saturated carbocycles. The highest BCUT2D eigenvalue weighted by Gasteiger charge is 2.21. The molecule has 0 amide bonds. The van der Waals surface area contributed by atoms with Crippen molar-refractivity contribution in [1.29, 1.82) is 0 Å². The molecule has 0 aliphatic carbocycles. The molecule has 3 N–H and O–H groups in total. The van der Waals surface area contributed by atoms with Gasteiger partial charge < -0.3 is 20.2 Å². The third-order valence-electron chi connectivity index (χ3n) is 2.97. The van der Waals surface area contributed by atoms with Gasteiger partial charge in [-0.15, -0.1) is 0 Å². The van der Waals surface area contributed by atoms with E-state index in [0.717, 1.165) is 0 Å². The maximum atomic E-state index is 12.4. The molecule has 0 aliphatic heterocycles. The van der Waals surface area contributed by atoms with Crippen molar-refractivity contribution < 1.29 is 20.1 Å². The predicted octanol–water partition coefficient (Wildman–Crippen LogP) is 2.10. The summed E-state index contributed by atoms with van der Waals surface area (Å²) in [4.78, 5) is 13.9. The Morgan fingerprint density at radius 3 is 2.15 bits per heavy atom. The second-order valence-corrected chi connectivity index (χ2v) is 4.57. The normalized spacial score (nSPS) is 10.3. The third kappa shape index (κ3) is 2.25. The van der Waals surface area contributed by atoms with Crippen molar-refractivity contribution in [3.05, 3.63) is 47.5 Å². The Morgan fingerprint density at radius 2 is 1.55 bits per heavy atom. The summed E-state index contributed by atoms with van der Waals surface area (Å²) in [5.41, 5.74) is 0.275. The molecule has 0 radical (unpaired) electrons. The van der Waals surface area contributed by atoms with Gasteiger partial charge in [-0.1, -0.05) is 12.1 Å². The van der Waals surface area contributed by atoms with E-state index in [1.54, 1.807) is 26.2 Å². The summed E-state index contributed by atoms with van der Waals surface area (Å²) in [5, 5.41) is 29.6. The number of para-hydroxylation sites is 1. The minimum absolute atomic E-state index is 0.0213. The largest absolute Gasteiger partial charge is 0.507 e. The van der Waals surface area contributed by atoms with Crippen LogP contribution in [0, 0.1) is 0 Å². The molecule has 20 heavy (non-hydrogen) atoms. The fraction of sp³-hybridized carbons (Fsp3) is 0.133. The Morgan fingerprint density at radius 1 is 0.900 bits per heavy atom. The number of aromatic hydroxyl groups is 3. The SMILES string of the molecule is CN(C)c1c(O)ccc(C(=O)c2ccccc2O)c1O. The summed E-state index contributed by atoms with van der Waals surface area (Å²) >= 11 is 0. The lowest BCUT2D eigenvalue weighted by Crippen LogP contribution is -2.11.